The Morgan fingerprint density at radius 3 is 2.60 bits per heavy atom. The van der Waals surface area contributed by atoms with Crippen LogP contribution in [0.5, 0.6) is 0 Å². The van der Waals surface area contributed by atoms with Gasteiger partial charge < -0.3 is 10.0 Å². The molecule has 1 aliphatic carbocycles. The molecule has 0 aromatic carbocycles. The molecule has 1 N–H and O–H groups in total. The minimum Gasteiger partial charge on any atom is -0.392 e. The van der Waals surface area contributed by atoms with Gasteiger partial charge in [0.05, 0.1) is 6.10 Å². The fraction of sp³-hybridized carbons (Fsp3) is 1.00. The van der Waals surface area contributed by atoms with Crippen LogP contribution >= 0.6 is 0 Å². The van der Waals surface area contributed by atoms with Gasteiger partial charge in [0.25, 0.3) is 0 Å². The molecule has 0 aromatic heterocycles. The van der Waals surface area contributed by atoms with Gasteiger partial charge in [-0.25, -0.2) is 0 Å². The number of likely N-dealkylation sites (N-methyl/N-ethyl adjacent to an activating group) is 1. The zero-order valence-electron chi connectivity index (χ0n) is 10.4. The molecule has 0 aromatic rings. The molecule has 0 saturated heterocycles. The predicted molar refractivity (Wildman–Crippen MR) is 65.0 cm³/mol. The summed E-state index contributed by atoms with van der Waals surface area (Å²) in [6, 6.07) is 0. The quantitative estimate of drug-likeness (QED) is 0.703. The molecule has 0 spiro atoms. The van der Waals surface area contributed by atoms with Gasteiger partial charge in [0, 0.05) is 6.54 Å². The summed E-state index contributed by atoms with van der Waals surface area (Å²) in [5, 5.41) is 9.94. The fourth-order valence-electron chi connectivity index (χ4n) is 2.58. The van der Waals surface area contributed by atoms with Crippen LogP contribution in [0.25, 0.3) is 0 Å². The highest BCUT2D eigenvalue weighted by molar-refractivity contribution is 4.72. The molecular weight excluding hydrogens is 186 g/mol. The van der Waals surface area contributed by atoms with Gasteiger partial charge in [-0.1, -0.05) is 39.0 Å². The van der Waals surface area contributed by atoms with E-state index in [0.717, 1.165) is 25.4 Å². The van der Waals surface area contributed by atoms with Crippen LogP contribution in [0.15, 0.2) is 0 Å². The van der Waals surface area contributed by atoms with Gasteiger partial charge in [0.15, 0.2) is 0 Å². The van der Waals surface area contributed by atoms with Crippen molar-refractivity contribution in [3.05, 3.63) is 0 Å². The third kappa shape index (κ3) is 5.53. The van der Waals surface area contributed by atoms with Crippen LogP contribution in [0.2, 0.25) is 0 Å². The molecule has 0 bridgehead atoms. The van der Waals surface area contributed by atoms with E-state index in [9.17, 15) is 5.11 Å². The lowest BCUT2D eigenvalue weighted by Crippen LogP contribution is -2.31. The van der Waals surface area contributed by atoms with Crippen LogP contribution in [0.3, 0.4) is 0 Å². The number of aliphatic hydroxyl groups excluding tert-OH is 1. The lowest BCUT2D eigenvalue weighted by Gasteiger charge is -2.22. The highest BCUT2D eigenvalue weighted by Crippen LogP contribution is 2.28. The van der Waals surface area contributed by atoms with Gasteiger partial charge in [-0.2, -0.15) is 0 Å². The van der Waals surface area contributed by atoms with Crippen molar-refractivity contribution < 1.29 is 5.11 Å². The largest absolute Gasteiger partial charge is 0.392 e. The van der Waals surface area contributed by atoms with Gasteiger partial charge in [0.1, 0.15) is 0 Å². The maximum atomic E-state index is 9.94. The van der Waals surface area contributed by atoms with E-state index < -0.39 is 0 Å². The van der Waals surface area contributed by atoms with E-state index >= 15 is 0 Å². The maximum absolute atomic E-state index is 9.94. The van der Waals surface area contributed by atoms with Gasteiger partial charge >= 0.3 is 0 Å². The summed E-state index contributed by atoms with van der Waals surface area (Å²) in [4.78, 5) is 2.27. The lowest BCUT2D eigenvalue weighted by molar-refractivity contribution is 0.101. The Morgan fingerprint density at radius 2 is 2.00 bits per heavy atom. The zero-order chi connectivity index (χ0) is 11.1. The molecule has 0 amide bonds. The number of nitrogens with zero attached hydrogens (tertiary/aromatic N) is 1. The summed E-state index contributed by atoms with van der Waals surface area (Å²) in [6.45, 7) is 4.19. The number of hydrogen-bond acceptors (Lipinski definition) is 2. The molecule has 1 rings (SSSR count). The summed E-state index contributed by atoms with van der Waals surface area (Å²) in [5.74, 6) is 0.805. The first kappa shape index (κ1) is 13.0. The summed E-state index contributed by atoms with van der Waals surface area (Å²) in [5.41, 5.74) is 0. The predicted octanol–water partition coefficient (Wildman–Crippen LogP) is 2.66. The Hall–Kier alpha value is -0.0800. The van der Waals surface area contributed by atoms with E-state index in [1.807, 2.05) is 0 Å². The Kier molecular flexibility index (Phi) is 6.26. The third-order valence-electron chi connectivity index (χ3n) is 3.50. The number of hydrogen-bond donors (Lipinski definition) is 1. The average Bonchev–Trinajstić information content (AvgIpc) is 2.67. The van der Waals surface area contributed by atoms with Gasteiger partial charge in [-0.15, -0.1) is 0 Å². The molecule has 15 heavy (non-hydrogen) atoms. The second kappa shape index (κ2) is 7.24. The molecule has 2 heteroatoms. The second-order valence-corrected chi connectivity index (χ2v) is 5.16. The Balaban J connectivity index is 2.08. The molecule has 1 fully saturated rings. The van der Waals surface area contributed by atoms with Crippen LogP contribution in [-0.4, -0.2) is 36.2 Å². The first-order chi connectivity index (χ1) is 7.22. The van der Waals surface area contributed by atoms with Gasteiger partial charge in [-0.05, 0) is 32.4 Å². The van der Waals surface area contributed by atoms with Crippen LogP contribution in [0.1, 0.15) is 51.9 Å². The SMILES string of the molecule is CCCCN(C)CC(O)CC1CCCC1. The summed E-state index contributed by atoms with van der Waals surface area (Å²) in [6.07, 6.45) is 8.85. The smallest absolute Gasteiger partial charge is 0.0669 e. The molecule has 2 nitrogen and oxygen atoms in total. The Bertz CT molecular complexity index is 155. The third-order valence-corrected chi connectivity index (χ3v) is 3.50. The number of unbranched alkanes of at least 4 members (excludes halogenated alkanes) is 1. The van der Waals surface area contributed by atoms with E-state index in [1.54, 1.807) is 0 Å². The summed E-state index contributed by atoms with van der Waals surface area (Å²) < 4.78 is 0. The van der Waals surface area contributed by atoms with Gasteiger partial charge in [-0.3, -0.25) is 0 Å². The monoisotopic (exact) mass is 213 g/mol. The molecule has 1 unspecified atom stereocenters. The maximum Gasteiger partial charge on any atom is 0.0669 e. The average molecular weight is 213 g/mol. The first-order valence-electron chi connectivity index (χ1n) is 6.59. The minimum atomic E-state index is -0.102. The molecule has 0 heterocycles. The highest BCUT2D eigenvalue weighted by atomic mass is 16.3. The normalized spacial score (nSPS) is 20.0. The molecule has 0 radical (unpaired) electrons. The van der Waals surface area contributed by atoms with Crippen molar-refractivity contribution >= 4 is 0 Å². The minimum absolute atomic E-state index is 0.102. The van der Waals surface area contributed by atoms with Crippen LogP contribution in [-0.2, 0) is 0 Å². The Labute approximate surface area is 94.7 Å². The fourth-order valence-corrected chi connectivity index (χ4v) is 2.58. The summed E-state index contributed by atoms with van der Waals surface area (Å²) >= 11 is 0. The lowest BCUT2D eigenvalue weighted by atomic mass is 10.00. The summed E-state index contributed by atoms with van der Waals surface area (Å²) in [7, 11) is 2.12. The van der Waals surface area contributed by atoms with E-state index in [1.165, 1.54) is 38.5 Å². The van der Waals surface area contributed by atoms with E-state index in [0.29, 0.717) is 0 Å². The van der Waals surface area contributed by atoms with Crippen molar-refractivity contribution in [3.8, 4) is 0 Å². The van der Waals surface area contributed by atoms with E-state index in [2.05, 4.69) is 18.9 Å². The van der Waals surface area contributed by atoms with Crippen LogP contribution in [0.4, 0.5) is 0 Å². The molecule has 0 aliphatic heterocycles. The van der Waals surface area contributed by atoms with Crippen molar-refractivity contribution in [2.75, 3.05) is 20.1 Å². The van der Waals surface area contributed by atoms with Crippen molar-refractivity contribution in [1.82, 2.24) is 4.90 Å². The molecular formula is C13H27NO. The standard InChI is InChI=1S/C13H27NO/c1-3-4-9-14(2)11-13(15)10-12-7-5-6-8-12/h12-13,15H,3-11H2,1-2H3. The van der Waals surface area contributed by atoms with E-state index in [-0.39, 0.29) is 6.10 Å². The van der Waals surface area contributed by atoms with Crippen LogP contribution in [0, 0.1) is 5.92 Å². The first-order valence-corrected chi connectivity index (χ1v) is 6.59. The number of rotatable bonds is 7. The highest BCUT2D eigenvalue weighted by Gasteiger charge is 2.19. The van der Waals surface area contributed by atoms with Crippen molar-refractivity contribution in [3.63, 3.8) is 0 Å². The van der Waals surface area contributed by atoms with Gasteiger partial charge in [0.2, 0.25) is 0 Å². The zero-order valence-corrected chi connectivity index (χ0v) is 10.4. The molecule has 1 saturated carbocycles. The van der Waals surface area contributed by atoms with Crippen molar-refractivity contribution in [1.29, 1.82) is 0 Å². The van der Waals surface area contributed by atoms with Crippen LogP contribution < -0.4 is 0 Å². The topological polar surface area (TPSA) is 23.5 Å². The van der Waals surface area contributed by atoms with Crippen molar-refractivity contribution in [2.45, 2.75) is 58.0 Å². The van der Waals surface area contributed by atoms with Crippen molar-refractivity contribution in [2.24, 2.45) is 5.92 Å². The molecule has 1 aliphatic rings. The van der Waals surface area contributed by atoms with E-state index in [4.69, 9.17) is 0 Å². The second-order valence-electron chi connectivity index (χ2n) is 5.16. The Morgan fingerprint density at radius 1 is 1.33 bits per heavy atom. The molecule has 1 atom stereocenters. The number of aliphatic hydroxyl groups is 1. The molecule has 90 valence electrons.